The van der Waals surface area contributed by atoms with Gasteiger partial charge in [0.25, 0.3) is 0 Å². The Morgan fingerprint density at radius 2 is 0.719 bits per heavy atom. The summed E-state index contributed by atoms with van der Waals surface area (Å²) in [5.74, 6) is -1.03. The van der Waals surface area contributed by atoms with Crippen molar-refractivity contribution in [2.75, 3.05) is 13.2 Å². The van der Waals surface area contributed by atoms with Crippen LogP contribution in [0.15, 0.2) is 85.1 Å². The third-order valence-corrected chi connectivity index (χ3v) is 9.35. The number of hydrogen-bond donors (Lipinski definition) is 0. The van der Waals surface area contributed by atoms with Gasteiger partial charge >= 0.3 is 17.9 Å². The second-order valence-electron chi connectivity index (χ2n) is 14.9. The van der Waals surface area contributed by atoms with Crippen LogP contribution < -0.4 is 0 Å². The molecule has 0 spiro atoms. The number of hydrogen-bond acceptors (Lipinski definition) is 6. The number of carbonyl (C=O) groups is 3. The lowest BCUT2D eigenvalue weighted by atomic mass is 10.1. The minimum atomic E-state index is -0.819. The highest BCUT2D eigenvalue weighted by atomic mass is 16.6. The molecule has 0 heterocycles. The lowest BCUT2D eigenvalue weighted by Gasteiger charge is -2.18. The van der Waals surface area contributed by atoms with Crippen LogP contribution in [0.4, 0.5) is 0 Å². The molecule has 0 aromatic rings. The summed E-state index contributed by atoms with van der Waals surface area (Å²) in [7, 11) is 0. The van der Waals surface area contributed by atoms with Gasteiger partial charge in [-0.25, -0.2) is 0 Å². The Kier molecular flexibility index (Phi) is 42.6. The van der Waals surface area contributed by atoms with Gasteiger partial charge in [0.15, 0.2) is 6.10 Å². The van der Waals surface area contributed by atoms with Crippen LogP contribution in [0.1, 0.15) is 201 Å². The molecule has 6 heteroatoms. The summed E-state index contributed by atoms with van der Waals surface area (Å²) in [5.41, 5.74) is 0. The van der Waals surface area contributed by atoms with E-state index < -0.39 is 6.10 Å². The van der Waals surface area contributed by atoms with Crippen molar-refractivity contribution in [3.8, 4) is 0 Å². The maximum absolute atomic E-state index is 12.7. The average molecular weight is 793 g/mol. The van der Waals surface area contributed by atoms with E-state index in [1.54, 1.807) is 0 Å². The first kappa shape index (κ1) is 53.6. The van der Waals surface area contributed by atoms with Gasteiger partial charge in [-0.1, -0.05) is 164 Å². The normalized spacial score (nSPS) is 12.8. The van der Waals surface area contributed by atoms with Gasteiger partial charge in [-0.15, -0.1) is 0 Å². The monoisotopic (exact) mass is 793 g/mol. The van der Waals surface area contributed by atoms with Crippen molar-refractivity contribution < 1.29 is 28.6 Å². The van der Waals surface area contributed by atoms with E-state index in [0.717, 1.165) is 89.9 Å². The zero-order valence-corrected chi connectivity index (χ0v) is 36.8. The van der Waals surface area contributed by atoms with Crippen molar-refractivity contribution in [2.45, 2.75) is 207 Å². The van der Waals surface area contributed by atoms with Crippen LogP contribution in [0.25, 0.3) is 0 Å². The summed E-state index contributed by atoms with van der Waals surface area (Å²) in [6.07, 6.45) is 57.2. The standard InChI is InChI=1S/C51H84O6/c1-4-7-10-13-16-19-22-24-25-26-27-28-30-32-35-38-41-44-50(53)56-47-48(46-55-49(52)43-40-37-34-31-21-18-15-12-9-6-3)57-51(54)45-42-39-36-33-29-23-20-17-14-11-8-5-2/h8,11,15,17-18,20,24-25,27-29,32-33,35,48H,4-7,9-10,12-14,16,19,21-23,26,30-31,34,36-47H2,1-3H3/b11-8-,18-15-,20-17-,25-24-,28-27-,33-29-,35-32-. The number of esters is 3. The van der Waals surface area contributed by atoms with E-state index in [9.17, 15) is 14.4 Å². The summed E-state index contributed by atoms with van der Waals surface area (Å²) in [6.45, 7) is 6.35. The Hall–Kier alpha value is -3.41. The lowest BCUT2D eigenvalue weighted by molar-refractivity contribution is -0.167. The molecule has 0 bridgehead atoms. The molecule has 0 aliphatic rings. The SMILES string of the molecule is CC/C=C\C/C=C\C/C=C\CCCCC(=O)OC(COC(=O)CCC/C=C\C/C=C\C/C=C\CCCCCCCC)COC(=O)CCCCCC/C=C\CCCC. The highest BCUT2D eigenvalue weighted by Crippen LogP contribution is 2.11. The highest BCUT2D eigenvalue weighted by Gasteiger charge is 2.19. The maximum atomic E-state index is 12.7. The van der Waals surface area contributed by atoms with Gasteiger partial charge in [-0.3, -0.25) is 14.4 Å². The molecule has 0 rings (SSSR count). The molecule has 0 aromatic carbocycles. The van der Waals surface area contributed by atoms with Crippen molar-refractivity contribution in [3.63, 3.8) is 0 Å². The smallest absolute Gasteiger partial charge is 0.306 e. The van der Waals surface area contributed by atoms with Crippen LogP contribution in [0.2, 0.25) is 0 Å². The molecule has 0 N–H and O–H groups in total. The second kappa shape index (κ2) is 45.3. The van der Waals surface area contributed by atoms with Gasteiger partial charge in [0.05, 0.1) is 0 Å². The third kappa shape index (κ3) is 43.6. The lowest BCUT2D eigenvalue weighted by Crippen LogP contribution is -2.30. The summed E-state index contributed by atoms with van der Waals surface area (Å²) in [4.78, 5) is 37.7. The molecule has 324 valence electrons. The molecular weight excluding hydrogens is 709 g/mol. The maximum Gasteiger partial charge on any atom is 0.306 e. The van der Waals surface area contributed by atoms with Crippen LogP contribution in [0.3, 0.4) is 0 Å². The van der Waals surface area contributed by atoms with Gasteiger partial charge in [0.2, 0.25) is 0 Å². The van der Waals surface area contributed by atoms with E-state index in [2.05, 4.69) is 106 Å². The van der Waals surface area contributed by atoms with Gasteiger partial charge in [-0.2, -0.15) is 0 Å². The molecule has 0 saturated carbocycles. The van der Waals surface area contributed by atoms with Gasteiger partial charge in [-0.05, 0) is 103 Å². The van der Waals surface area contributed by atoms with Crippen molar-refractivity contribution in [1.82, 2.24) is 0 Å². The Morgan fingerprint density at radius 3 is 1.25 bits per heavy atom. The first-order valence-electron chi connectivity index (χ1n) is 23.1. The topological polar surface area (TPSA) is 78.9 Å². The highest BCUT2D eigenvalue weighted by molar-refractivity contribution is 5.71. The minimum Gasteiger partial charge on any atom is -0.462 e. The number of unbranched alkanes of at least 4 members (excludes halogenated alkanes) is 15. The Morgan fingerprint density at radius 1 is 0.368 bits per heavy atom. The summed E-state index contributed by atoms with van der Waals surface area (Å²) >= 11 is 0. The summed E-state index contributed by atoms with van der Waals surface area (Å²) < 4.78 is 16.6. The molecule has 0 amide bonds. The third-order valence-electron chi connectivity index (χ3n) is 9.35. The fourth-order valence-corrected chi connectivity index (χ4v) is 5.86. The molecule has 0 fully saturated rings. The quantitative estimate of drug-likeness (QED) is 0.0266. The summed E-state index contributed by atoms with van der Waals surface area (Å²) in [5, 5.41) is 0. The number of allylic oxidation sites excluding steroid dienone is 14. The van der Waals surface area contributed by atoms with Crippen LogP contribution in [0, 0.1) is 0 Å². The average Bonchev–Trinajstić information content (AvgIpc) is 3.21. The molecule has 0 saturated heterocycles. The first-order valence-corrected chi connectivity index (χ1v) is 23.1. The molecule has 57 heavy (non-hydrogen) atoms. The predicted octanol–water partition coefficient (Wildman–Crippen LogP) is 14.9. The zero-order chi connectivity index (χ0) is 41.5. The van der Waals surface area contributed by atoms with Crippen LogP contribution in [0.5, 0.6) is 0 Å². The van der Waals surface area contributed by atoms with Gasteiger partial charge in [0, 0.05) is 19.3 Å². The van der Waals surface area contributed by atoms with E-state index >= 15 is 0 Å². The minimum absolute atomic E-state index is 0.115. The number of ether oxygens (including phenoxy) is 3. The molecule has 1 unspecified atom stereocenters. The van der Waals surface area contributed by atoms with Gasteiger partial charge in [0.1, 0.15) is 13.2 Å². The summed E-state index contributed by atoms with van der Waals surface area (Å²) in [6, 6.07) is 0. The van der Waals surface area contributed by atoms with Crippen molar-refractivity contribution in [1.29, 1.82) is 0 Å². The number of carbonyl (C=O) groups excluding carboxylic acids is 3. The van der Waals surface area contributed by atoms with E-state index in [0.29, 0.717) is 19.3 Å². The van der Waals surface area contributed by atoms with E-state index in [-0.39, 0.29) is 44.0 Å². The molecule has 0 aliphatic carbocycles. The van der Waals surface area contributed by atoms with Crippen LogP contribution in [-0.2, 0) is 28.6 Å². The predicted molar refractivity (Wildman–Crippen MR) is 242 cm³/mol. The van der Waals surface area contributed by atoms with Crippen molar-refractivity contribution in [3.05, 3.63) is 85.1 Å². The van der Waals surface area contributed by atoms with Crippen LogP contribution >= 0.6 is 0 Å². The van der Waals surface area contributed by atoms with E-state index in [4.69, 9.17) is 14.2 Å². The molecule has 1 atom stereocenters. The Labute approximate surface area is 350 Å². The Bertz CT molecular complexity index is 1140. The van der Waals surface area contributed by atoms with E-state index in [1.165, 1.54) is 57.8 Å². The first-order chi connectivity index (χ1) is 28.0. The molecule has 0 radical (unpaired) electrons. The van der Waals surface area contributed by atoms with Crippen molar-refractivity contribution >= 4 is 17.9 Å². The molecule has 6 nitrogen and oxygen atoms in total. The van der Waals surface area contributed by atoms with Gasteiger partial charge < -0.3 is 14.2 Å². The number of rotatable bonds is 40. The van der Waals surface area contributed by atoms with E-state index in [1.807, 2.05) is 0 Å². The fraction of sp³-hybridized carbons (Fsp3) is 0.667. The Balaban J connectivity index is 4.51. The molecular formula is C51H84O6. The van der Waals surface area contributed by atoms with Crippen LogP contribution in [-0.4, -0.2) is 37.2 Å². The fourth-order valence-electron chi connectivity index (χ4n) is 5.86. The zero-order valence-electron chi connectivity index (χ0n) is 36.8. The molecule has 0 aliphatic heterocycles. The largest absolute Gasteiger partial charge is 0.462 e. The van der Waals surface area contributed by atoms with Crippen molar-refractivity contribution in [2.24, 2.45) is 0 Å². The molecule has 0 aromatic heterocycles. The second-order valence-corrected chi connectivity index (χ2v) is 14.9.